The molecule has 0 aromatic heterocycles. The van der Waals surface area contributed by atoms with Gasteiger partial charge in [0.05, 0.1) is 24.2 Å². The maximum absolute atomic E-state index is 12.4. The van der Waals surface area contributed by atoms with E-state index in [1.165, 1.54) is 6.08 Å². The lowest BCUT2D eigenvalue weighted by Gasteiger charge is -2.33. The Kier molecular flexibility index (Phi) is 6.37. The Hall–Kier alpha value is -4.27. The van der Waals surface area contributed by atoms with Crippen LogP contribution in [0.2, 0.25) is 0 Å². The first kappa shape index (κ1) is 23.5. The van der Waals surface area contributed by atoms with Crippen molar-refractivity contribution in [1.82, 2.24) is 0 Å². The fraction of sp³-hybridized carbons (Fsp3) is 0.296. The van der Waals surface area contributed by atoms with E-state index in [2.05, 4.69) is 0 Å². The van der Waals surface area contributed by atoms with Gasteiger partial charge in [0.15, 0.2) is 0 Å². The number of hydrogen-bond donors (Lipinski definition) is 0. The summed E-state index contributed by atoms with van der Waals surface area (Å²) in [7, 11) is 0. The van der Waals surface area contributed by atoms with Gasteiger partial charge in [-0.05, 0) is 47.2 Å². The number of esters is 5. The normalized spacial score (nSPS) is 24.8. The Morgan fingerprint density at radius 2 is 1.64 bits per heavy atom. The Balaban J connectivity index is 1.27. The van der Waals surface area contributed by atoms with Gasteiger partial charge < -0.3 is 18.9 Å². The average Bonchev–Trinajstić information content (AvgIpc) is 3.36. The molecule has 1 aliphatic carbocycles. The molecule has 2 fully saturated rings. The van der Waals surface area contributed by atoms with Crippen molar-refractivity contribution in [3.63, 3.8) is 0 Å². The summed E-state index contributed by atoms with van der Waals surface area (Å²) in [6.07, 6.45) is 3.11. The van der Waals surface area contributed by atoms with Crippen LogP contribution >= 0.6 is 0 Å². The number of hydrogen-bond acceptors (Lipinski definition) is 9. The number of carbonyl (C=O) groups is 5. The van der Waals surface area contributed by atoms with Crippen LogP contribution in [0, 0.1) is 11.8 Å². The summed E-state index contributed by atoms with van der Waals surface area (Å²) >= 11 is 0. The van der Waals surface area contributed by atoms with E-state index >= 15 is 0 Å². The first-order chi connectivity index (χ1) is 17.4. The molecule has 4 atom stereocenters. The molecule has 2 heterocycles. The molecule has 0 radical (unpaired) electrons. The maximum Gasteiger partial charge on any atom is 0.330 e. The van der Waals surface area contributed by atoms with E-state index in [9.17, 15) is 24.0 Å². The summed E-state index contributed by atoms with van der Waals surface area (Å²) in [4.78, 5) is 60.6. The molecule has 36 heavy (non-hydrogen) atoms. The molecule has 2 aliphatic heterocycles. The van der Waals surface area contributed by atoms with Crippen molar-refractivity contribution in [1.29, 1.82) is 0 Å². The molecular formula is C27H22O9. The predicted octanol–water partition coefficient (Wildman–Crippen LogP) is 2.68. The van der Waals surface area contributed by atoms with Gasteiger partial charge in [-0.1, -0.05) is 36.4 Å². The zero-order valence-electron chi connectivity index (χ0n) is 19.1. The molecule has 2 saturated heterocycles. The molecular weight excluding hydrogens is 468 g/mol. The van der Waals surface area contributed by atoms with Gasteiger partial charge in [0, 0.05) is 6.08 Å². The van der Waals surface area contributed by atoms with Crippen molar-refractivity contribution in [3.05, 3.63) is 71.3 Å². The van der Waals surface area contributed by atoms with Crippen molar-refractivity contribution in [2.75, 3.05) is 13.2 Å². The fourth-order valence-electron chi connectivity index (χ4n) is 5.02. The standard InChI is InChI=1S/C27H22O9/c28-22(9-6-15-4-2-1-3-5-15)34-11-10-33-16-7-8-17-18(20-14-23(29)35-25(20)30)13-21-24(19(17)12-16)27(32)36-26(21)31/h1-9,12,18,20-21,24H,10-11,13-14H2. The van der Waals surface area contributed by atoms with Crippen LogP contribution in [-0.4, -0.2) is 43.1 Å². The number of benzene rings is 2. The number of carbonyl (C=O) groups excluding carboxylic acids is 5. The number of ether oxygens (including phenoxy) is 4. The number of fused-ring (bicyclic) bond motifs is 3. The van der Waals surface area contributed by atoms with Crippen molar-refractivity contribution in [2.45, 2.75) is 24.7 Å². The van der Waals surface area contributed by atoms with E-state index in [1.54, 1.807) is 24.3 Å². The van der Waals surface area contributed by atoms with E-state index in [-0.39, 0.29) is 26.1 Å². The highest BCUT2D eigenvalue weighted by Gasteiger charge is 2.53. The van der Waals surface area contributed by atoms with Gasteiger partial charge in [-0.2, -0.15) is 0 Å². The first-order valence-electron chi connectivity index (χ1n) is 11.6. The second kappa shape index (κ2) is 9.77. The zero-order chi connectivity index (χ0) is 25.2. The van der Waals surface area contributed by atoms with Gasteiger partial charge in [0.2, 0.25) is 0 Å². The second-order valence-corrected chi connectivity index (χ2v) is 8.82. The highest BCUT2D eigenvalue weighted by molar-refractivity contribution is 6.01. The van der Waals surface area contributed by atoms with Gasteiger partial charge in [-0.25, -0.2) is 4.79 Å². The fourth-order valence-corrected chi connectivity index (χ4v) is 5.02. The number of rotatable bonds is 7. The predicted molar refractivity (Wildman–Crippen MR) is 122 cm³/mol. The second-order valence-electron chi connectivity index (χ2n) is 8.82. The van der Waals surface area contributed by atoms with Crippen LogP contribution in [0.3, 0.4) is 0 Å². The Morgan fingerprint density at radius 1 is 0.861 bits per heavy atom. The molecule has 0 N–H and O–H groups in total. The summed E-state index contributed by atoms with van der Waals surface area (Å²) in [6.45, 7) is 0.0638. The molecule has 3 aliphatic rings. The van der Waals surface area contributed by atoms with Crippen molar-refractivity contribution < 1.29 is 42.9 Å². The Morgan fingerprint density at radius 3 is 2.39 bits per heavy atom. The van der Waals surface area contributed by atoms with E-state index in [0.29, 0.717) is 16.9 Å². The summed E-state index contributed by atoms with van der Waals surface area (Å²) in [5, 5.41) is 0. The van der Waals surface area contributed by atoms with Crippen LogP contribution < -0.4 is 4.74 Å². The summed E-state index contributed by atoms with van der Waals surface area (Å²) in [5.74, 6) is -5.37. The third-order valence-electron chi connectivity index (χ3n) is 6.66. The topological polar surface area (TPSA) is 122 Å². The van der Waals surface area contributed by atoms with Crippen LogP contribution in [0.4, 0.5) is 0 Å². The molecule has 184 valence electrons. The van der Waals surface area contributed by atoms with Gasteiger partial charge in [-0.15, -0.1) is 0 Å². The van der Waals surface area contributed by atoms with Crippen LogP contribution in [0.25, 0.3) is 6.08 Å². The molecule has 0 bridgehead atoms. The molecule has 0 saturated carbocycles. The Labute approximate surface area is 206 Å². The third-order valence-corrected chi connectivity index (χ3v) is 6.66. The van der Waals surface area contributed by atoms with Gasteiger partial charge >= 0.3 is 29.8 Å². The minimum Gasteiger partial charge on any atom is -0.490 e. The van der Waals surface area contributed by atoms with E-state index in [1.807, 2.05) is 30.3 Å². The minimum atomic E-state index is -0.804. The van der Waals surface area contributed by atoms with Crippen LogP contribution in [0.1, 0.15) is 41.4 Å². The SMILES string of the molecule is O=C(C=Cc1ccccc1)OCCOc1ccc2c(c1)C1C(=O)OC(=O)C1CC2C1CC(=O)OC1=O. The quantitative estimate of drug-likeness (QED) is 0.189. The lowest BCUT2D eigenvalue weighted by Crippen LogP contribution is -2.31. The largest absolute Gasteiger partial charge is 0.490 e. The maximum atomic E-state index is 12.4. The van der Waals surface area contributed by atoms with E-state index < -0.39 is 53.5 Å². The minimum absolute atomic E-state index is 0.000278. The molecule has 2 aromatic rings. The molecule has 0 amide bonds. The van der Waals surface area contributed by atoms with E-state index in [0.717, 1.165) is 5.56 Å². The van der Waals surface area contributed by atoms with Crippen LogP contribution in [0.15, 0.2) is 54.6 Å². The molecule has 9 heteroatoms. The first-order valence-corrected chi connectivity index (χ1v) is 11.6. The van der Waals surface area contributed by atoms with Crippen LogP contribution in [-0.2, 0) is 38.2 Å². The van der Waals surface area contributed by atoms with Gasteiger partial charge in [0.1, 0.15) is 19.0 Å². The summed E-state index contributed by atoms with van der Waals surface area (Å²) in [6, 6.07) is 14.4. The smallest absolute Gasteiger partial charge is 0.330 e. The summed E-state index contributed by atoms with van der Waals surface area (Å²) < 4.78 is 20.5. The molecule has 0 spiro atoms. The third kappa shape index (κ3) is 4.64. The van der Waals surface area contributed by atoms with Gasteiger partial charge in [0.25, 0.3) is 0 Å². The Bertz CT molecular complexity index is 1260. The van der Waals surface area contributed by atoms with Crippen molar-refractivity contribution in [2.24, 2.45) is 11.8 Å². The number of cyclic esters (lactones) is 4. The average molecular weight is 490 g/mol. The highest BCUT2D eigenvalue weighted by atomic mass is 16.6. The molecule has 5 rings (SSSR count). The molecule has 9 nitrogen and oxygen atoms in total. The van der Waals surface area contributed by atoms with Crippen LogP contribution in [0.5, 0.6) is 5.75 Å². The van der Waals surface area contributed by atoms with Crippen molar-refractivity contribution >= 4 is 35.9 Å². The zero-order valence-corrected chi connectivity index (χ0v) is 19.1. The van der Waals surface area contributed by atoms with Gasteiger partial charge in [-0.3, -0.25) is 19.2 Å². The molecule has 2 aromatic carbocycles. The highest BCUT2D eigenvalue weighted by Crippen LogP contribution is 2.51. The lowest BCUT2D eigenvalue weighted by atomic mass is 9.67. The monoisotopic (exact) mass is 490 g/mol. The molecule has 4 unspecified atom stereocenters. The summed E-state index contributed by atoms with van der Waals surface area (Å²) in [5.41, 5.74) is 2.08. The van der Waals surface area contributed by atoms with Crippen molar-refractivity contribution in [3.8, 4) is 5.75 Å². The lowest BCUT2D eigenvalue weighted by molar-refractivity contribution is -0.155. The van der Waals surface area contributed by atoms with E-state index in [4.69, 9.17) is 18.9 Å².